The molecule has 0 radical (unpaired) electrons. The number of hydrogen-bond donors (Lipinski definition) is 1. The molecule has 4 rings (SSSR count). The van der Waals surface area contributed by atoms with E-state index < -0.39 is 6.36 Å². The Kier molecular flexibility index (Phi) is 5.03. The second kappa shape index (κ2) is 7.67. The average molecular weight is 411 g/mol. The van der Waals surface area contributed by atoms with Crippen molar-refractivity contribution in [2.75, 3.05) is 5.32 Å². The third-order valence-corrected chi connectivity index (χ3v) is 4.88. The molecule has 0 saturated heterocycles. The monoisotopic (exact) mass is 411 g/mol. The number of ketones is 1. The smallest absolute Gasteiger partial charge is 0.405 e. The standard InChI is InChI=1S/C23H16F3NO3/c24-23(25,26)30-20-9-5-4-8-16(20)15-10-12-18(21-17(15)11-13-19(21)28)27-22(29)14-6-2-1-3-7-14/h1-10,12H,11,13H2,(H,27,29). The highest BCUT2D eigenvalue weighted by Crippen LogP contribution is 2.41. The molecule has 3 aromatic carbocycles. The van der Waals surface area contributed by atoms with Gasteiger partial charge in [0.1, 0.15) is 5.75 Å². The number of fused-ring (bicyclic) bond motifs is 1. The molecule has 0 unspecified atom stereocenters. The maximum atomic E-state index is 12.8. The summed E-state index contributed by atoms with van der Waals surface area (Å²) in [5.74, 6) is -0.872. The van der Waals surface area contributed by atoms with Gasteiger partial charge >= 0.3 is 6.36 Å². The number of amides is 1. The van der Waals surface area contributed by atoms with Gasteiger partial charge in [0.25, 0.3) is 5.91 Å². The van der Waals surface area contributed by atoms with E-state index >= 15 is 0 Å². The lowest BCUT2D eigenvalue weighted by Gasteiger charge is -2.17. The van der Waals surface area contributed by atoms with Crippen molar-refractivity contribution in [3.63, 3.8) is 0 Å². The summed E-state index contributed by atoms with van der Waals surface area (Å²) in [7, 11) is 0. The molecule has 0 bridgehead atoms. The second-order valence-corrected chi connectivity index (χ2v) is 6.80. The van der Waals surface area contributed by atoms with Crippen LogP contribution in [-0.2, 0) is 6.42 Å². The number of halogens is 3. The number of hydrogen-bond acceptors (Lipinski definition) is 3. The van der Waals surface area contributed by atoms with Crippen LogP contribution in [-0.4, -0.2) is 18.1 Å². The Bertz CT molecular complexity index is 1120. The molecular weight excluding hydrogens is 395 g/mol. The summed E-state index contributed by atoms with van der Waals surface area (Å²) < 4.78 is 42.6. The summed E-state index contributed by atoms with van der Waals surface area (Å²) in [4.78, 5) is 25.1. The van der Waals surface area contributed by atoms with E-state index in [0.717, 1.165) is 0 Å². The van der Waals surface area contributed by atoms with Crippen LogP contribution in [0, 0.1) is 0 Å². The Morgan fingerprint density at radius 2 is 1.57 bits per heavy atom. The molecular formula is C23H16F3NO3. The summed E-state index contributed by atoms with van der Waals surface area (Å²) in [6.45, 7) is 0. The fourth-order valence-electron chi connectivity index (χ4n) is 3.63. The number of benzene rings is 3. The van der Waals surface area contributed by atoms with Crippen molar-refractivity contribution in [2.45, 2.75) is 19.2 Å². The number of Topliss-reactive ketones (excluding diaryl/α,β-unsaturated/α-hetero) is 1. The quantitative estimate of drug-likeness (QED) is 0.605. The molecule has 152 valence electrons. The van der Waals surface area contributed by atoms with Crippen LogP contribution in [0.3, 0.4) is 0 Å². The molecule has 0 saturated carbocycles. The molecule has 0 spiro atoms. The normalized spacial score (nSPS) is 13.1. The van der Waals surface area contributed by atoms with E-state index in [0.29, 0.717) is 34.4 Å². The average Bonchev–Trinajstić information content (AvgIpc) is 3.11. The van der Waals surface area contributed by atoms with Crippen molar-refractivity contribution in [1.29, 1.82) is 0 Å². The molecule has 30 heavy (non-hydrogen) atoms. The fraction of sp³-hybridized carbons (Fsp3) is 0.130. The minimum atomic E-state index is -4.83. The van der Waals surface area contributed by atoms with E-state index in [9.17, 15) is 22.8 Å². The minimum Gasteiger partial charge on any atom is -0.405 e. The van der Waals surface area contributed by atoms with E-state index in [4.69, 9.17) is 0 Å². The lowest BCUT2D eigenvalue weighted by molar-refractivity contribution is -0.274. The van der Waals surface area contributed by atoms with Crippen LogP contribution in [0.1, 0.15) is 32.7 Å². The third kappa shape index (κ3) is 3.91. The topological polar surface area (TPSA) is 55.4 Å². The molecule has 7 heteroatoms. The molecule has 3 aromatic rings. The predicted octanol–water partition coefficient (Wildman–Crippen LogP) is 5.63. The van der Waals surface area contributed by atoms with Gasteiger partial charge in [-0.1, -0.05) is 42.5 Å². The molecule has 4 nitrogen and oxygen atoms in total. The van der Waals surface area contributed by atoms with Gasteiger partial charge in [-0.15, -0.1) is 13.2 Å². The lowest BCUT2D eigenvalue weighted by Crippen LogP contribution is -2.17. The highest BCUT2D eigenvalue weighted by molar-refractivity contribution is 6.12. The molecule has 1 N–H and O–H groups in total. The van der Waals surface area contributed by atoms with Gasteiger partial charge in [-0.05, 0) is 41.8 Å². The van der Waals surface area contributed by atoms with Gasteiger partial charge in [-0.3, -0.25) is 9.59 Å². The molecule has 1 aliphatic carbocycles. The summed E-state index contributed by atoms with van der Waals surface area (Å²) in [5, 5.41) is 2.75. The van der Waals surface area contributed by atoms with E-state index in [1.165, 1.54) is 18.2 Å². The Labute approximate surface area is 170 Å². The Morgan fingerprint density at radius 3 is 2.30 bits per heavy atom. The predicted molar refractivity (Wildman–Crippen MR) is 106 cm³/mol. The summed E-state index contributed by atoms with van der Waals surface area (Å²) in [6.07, 6.45) is -4.24. The SMILES string of the molecule is O=C(Nc1ccc(-c2ccccc2OC(F)(F)F)c2c1C(=O)CC2)c1ccccc1. The van der Waals surface area contributed by atoms with Crippen molar-refractivity contribution in [3.8, 4) is 16.9 Å². The number of carbonyl (C=O) groups is 2. The van der Waals surface area contributed by atoms with Gasteiger partial charge in [0, 0.05) is 23.1 Å². The first kappa shape index (κ1) is 19.7. The first-order valence-corrected chi connectivity index (χ1v) is 9.24. The molecule has 0 aromatic heterocycles. The number of para-hydroxylation sites is 1. The van der Waals surface area contributed by atoms with Crippen LogP contribution in [0.2, 0.25) is 0 Å². The molecule has 1 amide bonds. The fourth-order valence-corrected chi connectivity index (χ4v) is 3.63. The van der Waals surface area contributed by atoms with E-state index in [-0.39, 0.29) is 29.4 Å². The van der Waals surface area contributed by atoms with Gasteiger partial charge in [0.2, 0.25) is 0 Å². The molecule has 0 aliphatic heterocycles. The van der Waals surface area contributed by atoms with E-state index in [1.54, 1.807) is 48.5 Å². The molecule has 1 aliphatic rings. The van der Waals surface area contributed by atoms with Gasteiger partial charge in [-0.25, -0.2) is 0 Å². The Hall–Kier alpha value is -3.61. The Balaban J connectivity index is 1.76. The van der Waals surface area contributed by atoms with Crippen LogP contribution in [0.25, 0.3) is 11.1 Å². The lowest BCUT2D eigenvalue weighted by atomic mass is 9.95. The van der Waals surface area contributed by atoms with Crippen LogP contribution in [0.5, 0.6) is 5.75 Å². The van der Waals surface area contributed by atoms with Gasteiger partial charge in [0.15, 0.2) is 5.78 Å². The van der Waals surface area contributed by atoms with Crippen LogP contribution in [0.4, 0.5) is 18.9 Å². The zero-order valence-corrected chi connectivity index (χ0v) is 15.6. The summed E-state index contributed by atoms with van der Waals surface area (Å²) >= 11 is 0. The number of rotatable bonds is 4. The van der Waals surface area contributed by atoms with Crippen molar-refractivity contribution in [2.24, 2.45) is 0 Å². The van der Waals surface area contributed by atoms with Crippen LogP contribution < -0.4 is 10.1 Å². The number of alkyl halides is 3. The van der Waals surface area contributed by atoms with Gasteiger partial charge < -0.3 is 10.1 Å². The zero-order chi connectivity index (χ0) is 21.3. The second-order valence-electron chi connectivity index (χ2n) is 6.80. The number of ether oxygens (including phenoxy) is 1. The summed E-state index contributed by atoms with van der Waals surface area (Å²) in [5.41, 5.74) is 2.43. The van der Waals surface area contributed by atoms with Crippen LogP contribution >= 0.6 is 0 Å². The molecule has 0 atom stereocenters. The Morgan fingerprint density at radius 1 is 0.867 bits per heavy atom. The summed E-state index contributed by atoms with van der Waals surface area (Å²) in [6, 6.07) is 17.5. The number of nitrogens with one attached hydrogen (secondary N) is 1. The highest BCUT2D eigenvalue weighted by Gasteiger charge is 2.33. The van der Waals surface area contributed by atoms with E-state index in [2.05, 4.69) is 10.1 Å². The number of anilines is 1. The molecule has 0 fully saturated rings. The maximum absolute atomic E-state index is 12.8. The van der Waals surface area contributed by atoms with Crippen molar-refractivity contribution in [1.82, 2.24) is 0 Å². The third-order valence-electron chi connectivity index (χ3n) is 4.88. The highest BCUT2D eigenvalue weighted by atomic mass is 19.4. The zero-order valence-electron chi connectivity index (χ0n) is 15.6. The van der Waals surface area contributed by atoms with Gasteiger partial charge in [-0.2, -0.15) is 0 Å². The van der Waals surface area contributed by atoms with Crippen molar-refractivity contribution >= 4 is 17.4 Å². The molecule has 0 heterocycles. The van der Waals surface area contributed by atoms with Crippen molar-refractivity contribution in [3.05, 3.63) is 83.4 Å². The maximum Gasteiger partial charge on any atom is 0.573 e. The van der Waals surface area contributed by atoms with Crippen LogP contribution in [0.15, 0.2) is 66.7 Å². The first-order chi connectivity index (χ1) is 14.3. The van der Waals surface area contributed by atoms with E-state index in [1.807, 2.05) is 0 Å². The van der Waals surface area contributed by atoms with Crippen molar-refractivity contribution < 1.29 is 27.5 Å². The number of carbonyl (C=O) groups excluding carboxylic acids is 2. The van der Waals surface area contributed by atoms with Gasteiger partial charge in [0.05, 0.1) is 5.69 Å². The largest absolute Gasteiger partial charge is 0.573 e. The minimum absolute atomic E-state index is 0.163. The first-order valence-electron chi connectivity index (χ1n) is 9.24.